The molecule has 2 amide bonds. The molecule has 3 aromatic heterocycles. The molecule has 0 unspecified atom stereocenters. The van der Waals surface area contributed by atoms with E-state index in [1.807, 2.05) is 40.3 Å². The number of imidazole rings is 2. The lowest BCUT2D eigenvalue weighted by atomic mass is 9.91. The van der Waals surface area contributed by atoms with Crippen molar-refractivity contribution in [1.29, 1.82) is 0 Å². The summed E-state index contributed by atoms with van der Waals surface area (Å²) in [7, 11) is 0. The average Bonchev–Trinajstić information content (AvgIpc) is 4.06. The van der Waals surface area contributed by atoms with E-state index in [0.717, 1.165) is 107 Å². The van der Waals surface area contributed by atoms with E-state index < -0.39 is 12.1 Å². The standard InChI is InChI=1S/C41H49N9O4/c42-36(24-11-17-53-18-12-24)40(51)49-15-1-3-34(49)38-44-23-33(48-38)27-6-9-29-26(21-27)5-8-30(45-29)28-7-10-31-32(22-28)47-39(46-31)35-4-2-16-50(35)41(52)37(43)25-13-19-54-20-14-25/h5-10,21-25,34-37H,1-4,11-20,42-43H2,(H,44,48)(H,46,47)/t34-,35-,36-,37-/m0/s1. The highest BCUT2D eigenvalue weighted by atomic mass is 16.5. The summed E-state index contributed by atoms with van der Waals surface area (Å²) in [4.78, 5) is 52.6. The fourth-order valence-corrected chi connectivity index (χ4v) is 9.02. The Morgan fingerprint density at radius 2 is 1.30 bits per heavy atom. The molecule has 4 aliphatic heterocycles. The van der Waals surface area contributed by atoms with E-state index >= 15 is 0 Å². The second-order valence-electron chi connectivity index (χ2n) is 15.5. The predicted molar refractivity (Wildman–Crippen MR) is 205 cm³/mol. The Hall–Kier alpha value is -4.69. The lowest BCUT2D eigenvalue weighted by molar-refractivity contribution is -0.136. The number of hydrogen-bond acceptors (Lipinski definition) is 9. The normalized spacial score (nSPS) is 22.7. The van der Waals surface area contributed by atoms with Gasteiger partial charge in [-0.2, -0.15) is 0 Å². The predicted octanol–water partition coefficient (Wildman–Crippen LogP) is 5.00. The lowest BCUT2D eigenvalue weighted by Crippen LogP contribution is -2.48. The van der Waals surface area contributed by atoms with Gasteiger partial charge in [0.2, 0.25) is 11.8 Å². The Bertz CT molecular complexity index is 2150. The topological polar surface area (TPSA) is 181 Å². The van der Waals surface area contributed by atoms with Gasteiger partial charge >= 0.3 is 0 Å². The molecule has 4 saturated heterocycles. The number of hydrogen-bond donors (Lipinski definition) is 4. The first kappa shape index (κ1) is 35.0. The van der Waals surface area contributed by atoms with Crippen LogP contribution in [0.2, 0.25) is 0 Å². The van der Waals surface area contributed by atoms with E-state index in [2.05, 4.69) is 34.2 Å². The molecule has 0 bridgehead atoms. The molecule has 0 aliphatic carbocycles. The molecule has 282 valence electrons. The molecule has 2 aromatic carbocycles. The summed E-state index contributed by atoms with van der Waals surface area (Å²) in [5.74, 6) is 1.95. The van der Waals surface area contributed by atoms with Crippen molar-refractivity contribution in [3.05, 3.63) is 66.4 Å². The Morgan fingerprint density at radius 1 is 0.685 bits per heavy atom. The van der Waals surface area contributed by atoms with Crippen molar-refractivity contribution in [3.8, 4) is 22.5 Å². The van der Waals surface area contributed by atoms with Gasteiger partial charge in [0, 0.05) is 56.0 Å². The summed E-state index contributed by atoms with van der Waals surface area (Å²) in [5.41, 5.74) is 19.4. The maximum absolute atomic E-state index is 13.5. The maximum atomic E-state index is 13.5. The summed E-state index contributed by atoms with van der Waals surface area (Å²) >= 11 is 0. The number of amides is 2. The Labute approximate surface area is 314 Å². The number of carbonyl (C=O) groups excluding carboxylic acids is 2. The third-order valence-electron chi connectivity index (χ3n) is 12.2. The van der Waals surface area contributed by atoms with Crippen molar-refractivity contribution in [3.63, 3.8) is 0 Å². The van der Waals surface area contributed by atoms with Gasteiger partial charge in [0.1, 0.15) is 11.6 Å². The smallest absolute Gasteiger partial charge is 0.240 e. The lowest BCUT2D eigenvalue weighted by Gasteiger charge is -2.32. The maximum Gasteiger partial charge on any atom is 0.240 e. The van der Waals surface area contributed by atoms with Crippen LogP contribution >= 0.6 is 0 Å². The minimum atomic E-state index is -0.510. The molecule has 6 N–H and O–H groups in total. The fourth-order valence-electron chi connectivity index (χ4n) is 9.02. The first-order chi connectivity index (χ1) is 26.4. The van der Waals surface area contributed by atoms with Crippen LogP contribution in [-0.4, -0.2) is 98.1 Å². The highest BCUT2D eigenvalue weighted by Gasteiger charge is 2.39. The first-order valence-electron chi connectivity index (χ1n) is 19.6. The summed E-state index contributed by atoms with van der Waals surface area (Å²) in [6.07, 6.45) is 8.73. The van der Waals surface area contributed by atoms with Gasteiger partial charge in [-0.3, -0.25) is 9.59 Å². The quantitative estimate of drug-likeness (QED) is 0.171. The zero-order valence-corrected chi connectivity index (χ0v) is 30.6. The number of aromatic nitrogens is 5. The molecule has 0 saturated carbocycles. The Morgan fingerprint density at radius 3 is 1.96 bits per heavy atom. The van der Waals surface area contributed by atoms with Gasteiger partial charge in [0.05, 0.1) is 58.3 Å². The molecular weight excluding hydrogens is 683 g/mol. The number of aromatic amines is 2. The number of rotatable bonds is 8. The van der Waals surface area contributed by atoms with Crippen molar-refractivity contribution in [2.75, 3.05) is 39.5 Å². The third-order valence-corrected chi connectivity index (χ3v) is 12.2. The molecule has 4 fully saturated rings. The number of pyridine rings is 1. The number of nitrogens with two attached hydrogens (primary N) is 2. The molecule has 54 heavy (non-hydrogen) atoms. The summed E-state index contributed by atoms with van der Waals surface area (Å²) in [6, 6.07) is 15.3. The minimum absolute atomic E-state index is 0.0146. The van der Waals surface area contributed by atoms with Gasteiger partial charge in [0.15, 0.2) is 0 Å². The van der Waals surface area contributed by atoms with Crippen LogP contribution < -0.4 is 11.5 Å². The van der Waals surface area contributed by atoms with Crippen LogP contribution in [0.5, 0.6) is 0 Å². The number of carbonyl (C=O) groups is 2. The van der Waals surface area contributed by atoms with Crippen molar-refractivity contribution in [2.45, 2.75) is 75.5 Å². The molecule has 13 nitrogen and oxygen atoms in total. The van der Waals surface area contributed by atoms with Gasteiger partial charge in [-0.05, 0) is 93.5 Å². The Kier molecular flexibility index (Phi) is 9.64. The fraction of sp³-hybridized carbons (Fsp3) is 0.488. The van der Waals surface area contributed by atoms with Crippen molar-refractivity contribution < 1.29 is 19.1 Å². The second kappa shape index (κ2) is 14.9. The number of H-pyrrole nitrogens is 2. The number of nitrogens with zero attached hydrogens (tertiary/aromatic N) is 5. The zero-order valence-electron chi connectivity index (χ0n) is 30.6. The average molecular weight is 732 g/mol. The van der Waals surface area contributed by atoms with Crippen LogP contribution in [0, 0.1) is 11.8 Å². The molecule has 5 aromatic rings. The van der Waals surface area contributed by atoms with E-state index in [1.54, 1.807) is 0 Å². The minimum Gasteiger partial charge on any atom is -0.381 e. The van der Waals surface area contributed by atoms with E-state index in [1.165, 1.54) is 0 Å². The monoisotopic (exact) mass is 731 g/mol. The Balaban J connectivity index is 0.899. The number of fused-ring (bicyclic) bond motifs is 2. The zero-order chi connectivity index (χ0) is 36.8. The number of nitrogens with one attached hydrogen (secondary N) is 2. The van der Waals surface area contributed by atoms with E-state index in [-0.39, 0.29) is 35.7 Å². The number of likely N-dealkylation sites (tertiary alicyclic amines) is 2. The number of ether oxygens (including phenoxy) is 2. The second-order valence-corrected chi connectivity index (χ2v) is 15.5. The van der Waals surface area contributed by atoms with Crippen LogP contribution in [0.15, 0.2) is 54.7 Å². The molecular formula is C41H49N9O4. The van der Waals surface area contributed by atoms with Crippen molar-refractivity contribution >= 4 is 33.8 Å². The van der Waals surface area contributed by atoms with Crippen molar-refractivity contribution in [1.82, 2.24) is 34.7 Å². The van der Waals surface area contributed by atoms with Gasteiger partial charge in [-0.1, -0.05) is 18.2 Å². The molecule has 4 atom stereocenters. The SMILES string of the molecule is N[C@H](C(=O)N1CCC[C@H]1c1ncc(-c2ccc3nc(-c4ccc5nc([C@@H]6CCCN6C(=O)[C@@H](N)C6CCOCC6)[nH]c5c4)ccc3c2)[nH]1)C1CCOCC1. The van der Waals surface area contributed by atoms with Gasteiger partial charge in [0.25, 0.3) is 0 Å². The van der Waals surface area contributed by atoms with Gasteiger partial charge in [-0.15, -0.1) is 0 Å². The molecule has 7 heterocycles. The van der Waals surface area contributed by atoms with E-state index in [0.29, 0.717) is 39.5 Å². The molecule has 9 rings (SSSR count). The highest BCUT2D eigenvalue weighted by Crippen LogP contribution is 2.36. The molecule has 13 heteroatoms. The van der Waals surface area contributed by atoms with Gasteiger partial charge < -0.3 is 40.7 Å². The van der Waals surface area contributed by atoms with Crippen LogP contribution in [0.25, 0.3) is 44.5 Å². The van der Waals surface area contributed by atoms with Gasteiger partial charge in [-0.25, -0.2) is 15.0 Å². The molecule has 4 aliphatic rings. The summed E-state index contributed by atoms with van der Waals surface area (Å²) in [6.45, 7) is 4.05. The largest absolute Gasteiger partial charge is 0.381 e. The van der Waals surface area contributed by atoms with E-state index in [4.69, 9.17) is 35.9 Å². The van der Waals surface area contributed by atoms with Crippen LogP contribution in [-0.2, 0) is 19.1 Å². The van der Waals surface area contributed by atoms with E-state index in [9.17, 15) is 9.59 Å². The summed E-state index contributed by atoms with van der Waals surface area (Å²) in [5, 5.41) is 1.02. The molecule has 0 spiro atoms. The van der Waals surface area contributed by atoms with Crippen LogP contribution in [0.3, 0.4) is 0 Å². The number of benzene rings is 2. The highest BCUT2D eigenvalue weighted by molar-refractivity contribution is 5.88. The van der Waals surface area contributed by atoms with Crippen LogP contribution in [0.1, 0.15) is 75.1 Å². The first-order valence-corrected chi connectivity index (χ1v) is 19.6. The molecule has 0 radical (unpaired) electrons. The van der Waals surface area contributed by atoms with Crippen LogP contribution in [0.4, 0.5) is 0 Å². The van der Waals surface area contributed by atoms with Crippen molar-refractivity contribution in [2.24, 2.45) is 23.3 Å². The summed E-state index contributed by atoms with van der Waals surface area (Å²) < 4.78 is 11.0. The third kappa shape index (κ3) is 6.67.